The lowest BCUT2D eigenvalue weighted by molar-refractivity contribution is 0.620. The second-order valence-electron chi connectivity index (χ2n) is 5.20. The third kappa shape index (κ3) is 1.86. The van der Waals surface area contributed by atoms with E-state index in [0.29, 0.717) is 5.89 Å². The summed E-state index contributed by atoms with van der Waals surface area (Å²) in [7, 11) is 0. The van der Waals surface area contributed by atoms with Crippen LogP contribution in [0.1, 0.15) is 12.8 Å². The van der Waals surface area contributed by atoms with Gasteiger partial charge in [0.25, 0.3) is 0 Å². The van der Waals surface area contributed by atoms with Crippen LogP contribution < -0.4 is 4.90 Å². The number of oxazole rings is 1. The molecule has 0 bridgehead atoms. The number of benzene rings is 2. The summed E-state index contributed by atoms with van der Waals surface area (Å²) in [4.78, 5) is 7.12. The van der Waals surface area contributed by atoms with Gasteiger partial charge in [-0.1, -0.05) is 24.3 Å². The smallest absolute Gasteiger partial charge is 0.227 e. The van der Waals surface area contributed by atoms with Crippen molar-refractivity contribution >= 4 is 16.8 Å². The molecule has 100 valence electrons. The van der Waals surface area contributed by atoms with Gasteiger partial charge in [-0.2, -0.15) is 0 Å². The van der Waals surface area contributed by atoms with Crippen LogP contribution in [-0.4, -0.2) is 18.1 Å². The monoisotopic (exact) mass is 264 g/mol. The summed E-state index contributed by atoms with van der Waals surface area (Å²) < 4.78 is 5.92. The van der Waals surface area contributed by atoms with Gasteiger partial charge in [0.15, 0.2) is 5.58 Å². The lowest BCUT2D eigenvalue weighted by Gasteiger charge is -2.17. The number of hydrogen-bond acceptors (Lipinski definition) is 3. The Labute approximate surface area is 117 Å². The van der Waals surface area contributed by atoms with Gasteiger partial charge in [0.05, 0.1) is 5.69 Å². The summed E-state index contributed by atoms with van der Waals surface area (Å²) in [6.45, 7) is 2.24. The van der Waals surface area contributed by atoms with Crippen LogP contribution in [0.5, 0.6) is 0 Å². The molecule has 0 atom stereocenters. The average Bonchev–Trinajstić information content (AvgIpc) is 3.17. The summed E-state index contributed by atoms with van der Waals surface area (Å²) in [5.74, 6) is 0.701. The number of rotatable bonds is 2. The second-order valence-corrected chi connectivity index (χ2v) is 5.20. The lowest BCUT2D eigenvalue weighted by atomic mass is 10.2. The van der Waals surface area contributed by atoms with E-state index >= 15 is 0 Å². The lowest BCUT2D eigenvalue weighted by Crippen LogP contribution is -2.17. The van der Waals surface area contributed by atoms with Gasteiger partial charge in [-0.05, 0) is 37.1 Å². The Bertz CT molecular complexity index is 727. The number of nitrogens with zero attached hydrogens (tertiary/aromatic N) is 2. The molecule has 1 aromatic heterocycles. The van der Waals surface area contributed by atoms with Gasteiger partial charge >= 0.3 is 0 Å². The Morgan fingerprint density at radius 3 is 2.50 bits per heavy atom. The molecular formula is C17H16N2O. The molecule has 3 heteroatoms. The molecule has 2 heterocycles. The van der Waals surface area contributed by atoms with E-state index in [1.165, 1.54) is 18.5 Å². The molecular weight excluding hydrogens is 248 g/mol. The van der Waals surface area contributed by atoms with E-state index in [-0.39, 0.29) is 0 Å². The normalized spacial score (nSPS) is 15.1. The van der Waals surface area contributed by atoms with E-state index < -0.39 is 0 Å². The van der Waals surface area contributed by atoms with Gasteiger partial charge < -0.3 is 9.32 Å². The number of fused-ring (bicyclic) bond motifs is 1. The average molecular weight is 264 g/mol. The van der Waals surface area contributed by atoms with E-state index in [2.05, 4.69) is 17.0 Å². The molecule has 2 aromatic carbocycles. The van der Waals surface area contributed by atoms with Gasteiger partial charge in [-0.15, -0.1) is 0 Å². The van der Waals surface area contributed by atoms with E-state index in [1.807, 2.05) is 36.4 Å². The van der Waals surface area contributed by atoms with E-state index in [0.717, 1.165) is 29.8 Å². The Balaban J connectivity index is 1.85. The third-order valence-corrected chi connectivity index (χ3v) is 3.87. The zero-order chi connectivity index (χ0) is 13.4. The van der Waals surface area contributed by atoms with E-state index in [4.69, 9.17) is 9.40 Å². The second kappa shape index (κ2) is 4.67. The van der Waals surface area contributed by atoms with Crippen LogP contribution in [-0.2, 0) is 0 Å². The molecule has 0 unspecified atom stereocenters. The molecule has 3 nitrogen and oxygen atoms in total. The van der Waals surface area contributed by atoms with Crippen LogP contribution in [0.25, 0.3) is 22.6 Å². The minimum atomic E-state index is 0.701. The first kappa shape index (κ1) is 11.5. The van der Waals surface area contributed by atoms with Crippen LogP contribution in [0.4, 0.5) is 5.69 Å². The van der Waals surface area contributed by atoms with Gasteiger partial charge in [0.2, 0.25) is 5.89 Å². The van der Waals surface area contributed by atoms with Crippen molar-refractivity contribution in [2.75, 3.05) is 18.0 Å². The third-order valence-electron chi connectivity index (χ3n) is 3.87. The molecule has 0 spiro atoms. The summed E-state index contributed by atoms with van der Waals surface area (Å²) in [6, 6.07) is 16.3. The van der Waals surface area contributed by atoms with Crippen LogP contribution in [0.15, 0.2) is 52.9 Å². The number of aromatic nitrogens is 1. The Morgan fingerprint density at radius 1 is 0.900 bits per heavy atom. The van der Waals surface area contributed by atoms with Gasteiger partial charge in [-0.25, -0.2) is 4.98 Å². The molecule has 1 saturated heterocycles. The molecule has 1 fully saturated rings. The number of anilines is 1. The molecule has 3 aromatic rings. The first-order chi connectivity index (χ1) is 9.92. The maximum atomic E-state index is 5.92. The van der Waals surface area contributed by atoms with Gasteiger partial charge in [-0.3, -0.25) is 0 Å². The summed E-state index contributed by atoms with van der Waals surface area (Å²) in [5, 5.41) is 0. The van der Waals surface area contributed by atoms with Crippen LogP contribution in [0, 0.1) is 0 Å². The van der Waals surface area contributed by atoms with E-state index in [1.54, 1.807) is 0 Å². The quantitative estimate of drug-likeness (QED) is 0.698. The fraction of sp³-hybridized carbons (Fsp3) is 0.235. The summed E-state index contributed by atoms with van der Waals surface area (Å²) in [5.41, 5.74) is 4.07. The van der Waals surface area contributed by atoms with Crippen LogP contribution in [0.3, 0.4) is 0 Å². The summed E-state index contributed by atoms with van der Waals surface area (Å²) in [6.07, 6.45) is 2.53. The molecule has 1 aliphatic heterocycles. The highest BCUT2D eigenvalue weighted by Crippen LogP contribution is 2.32. The SMILES string of the molecule is c1ccc(-c2nc3c(N4CCCC4)cccc3o2)cc1. The summed E-state index contributed by atoms with van der Waals surface area (Å²) >= 11 is 0. The molecule has 0 radical (unpaired) electrons. The number of hydrogen-bond donors (Lipinski definition) is 0. The first-order valence-electron chi connectivity index (χ1n) is 7.12. The molecule has 0 saturated carbocycles. The Morgan fingerprint density at radius 2 is 1.70 bits per heavy atom. The maximum Gasteiger partial charge on any atom is 0.227 e. The first-order valence-corrected chi connectivity index (χ1v) is 7.12. The Hall–Kier alpha value is -2.29. The largest absolute Gasteiger partial charge is 0.436 e. The highest BCUT2D eigenvalue weighted by Gasteiger charge is 2.18. The zero-order valence-corrected chi connectivity index (χ0v) is 11.2. The van der Waals surface area contributed by atoms with Crippen molar-refractivity contribution in [3.05, 3.63) is 48.5 Å². The van der Waals surface area contributed by atoms with Crippen molar-refractivity contribution in [3.63, 3.8) is 0 Å². The predicted molar refractivity (Wildman–Crippen MR) is 80.9 cm³/mol. The topological polar surface area (TPSA) is 29.3 Å². The van der Waals surface area contributed by atoms with E-state index in [9.17, 15) is 0 Å². The highest BCUT2D eigenvalue weighted by molar-refractivity contribution is 5.89. The van der Waals surface area contributed by atoms with Crippen LogP contribution in [0.2, 0.25) is 0 Å². The van der Waals surface area contributed by atoms with Crippen molar-refractivity contribution in [2.45, 2.75) is 12.8 Å². The fourth-order valence-corrected chi connectivity index (χ4v) is 2.85. The minimum absolute atomic E-state index is 0.701. The molecule has 1 aliphatic rings. The van der Waals surface area contributed by atoms with Crippen molar-refractivity contribution in [3.8, 4) is 11.5 Å². The van der Waals surface area contributed by atoms with Crippen molar-refractivity contribution < 1.29 is 4.42 Å². The zero-order valence-electron chi connectivity index (χ0n) is 11.2. The standard InChI is InChI=1S/C17H16N2O/c1-2-7-13(8-3-1)17-18-16-14(19-11-4-5-12-19)9-6-10-15(16)20-17/h1-3,6-10H,4-5,11-12H2. The minimum Gasteiger partial charge on any atom is -0.436 e. The molecule has 20 heavy (non-hydrogen) atoms. The molecule has 0 aliphatic carbocycles. The van der Waals surface area contributed by atoms with Gasteiger partial charge in [0.1, 0.15) is 5.52 Å². The van der Waals surface area contributed by atoms with Crippen molar-refractivity contribution in [1.82, 2.24) is 4.98 Å². The Kier molecular flexibility index (Phi) is 2.69. The molecule has 4 rings (SSSR count). The maximum absolute atomic E-state index is 5.92. The number of para-hydroxylation sites is 1. The van der Waals surface area contributed by atoms with Crippen LogP contribution >= 0.6 is 0 Å². The molecule has 0 N–H and O–H groups in total. The highest BCUT2D eigenvalue weighted by atomic mass is 16.3. The van der Waals surface area contributed by atoms with Gasteiger partial charge in [0, 0.05) is 18.7 Å². The molecule has 0 amide bonds. The van der Waals surface area contributed by atoms with Crippen molar-refractivity contribution in [1.29, 1.82) is 0 Å². The fourth-order valence-electron chi connectivity index (χ4n) is 2.85. The van der Waals surface area contributed by atoms with Crippen molar-refractivity contribution in [2.24, 2.45) is 0 Å². The predicted octanol–water partition coefficient (Wildman–Crippen LogP) is 4.10.